The van der Waals surface area contributed by atoms with Gasteiger partial charge in [-0.25, -0.2) is 0 Å². The van der Waals surface area contributed by atoms with Crippen LogP contribution in [-0.2, 0) is 62.3 Å². The van der Waals surface area contributed by atoms with Gasteiger partial charge in [0.2, 0.25) is 0 Å². The zero-order chi connectivity index (χ0) is 21.1. The largest absolute Gasteiger partial charge is 2.00 e. The molecule has 0 fully saturated rings. The fraction of sp³-hybridized carbons (Fsp3) is 0.400. The van der Waals surface area contributed by atoms with E-state index in [1.807, 2.05) is 0 Å². The van der Waals surface area contributed by atoms with E-state index >= 15 is 0 Å². The Bertz CT molecular complexity index is 176. The normalized spacial score (nSPS) is 4.85. The summed E-state index contributed by atoms with van der Waals surface area (Å²) in [6.07, 6.45) is 0. The topological polar surface area (TPSA) is 274 Å². The summed E-state index contributed by atoms with van der Waals surface area (Å²) in [6, 6.07) is 0. The quantitative estimate of drug-likeness (QED) is 0.283. The van der Waals surface area contributed by atoms with Crippen molar-refractivity contribution in [3.8, 4) is 0 Å². The fourth-order valence-electron chi connectivity index (χ4n) is 0.333. The number of hydrogen-bond donors (Lipinski definition) is 2. The van der Waals surface area contributed by atoms with Crippen LogP contribution in [0.3, 0.4) is 0 Å². The molecule has 0 aliphatic heterocycles. The van der Waals surface area contributed by atoms with E-state index in [1.54, 1.807) is 0 Å². The molecule has 0 amide bonds. The summed E-state index contributed by atoms with van der Waals surface area (Å²) in [7, 11) is 4.17. The van der Waals surface area contributed by atoms with E-state index in [-0.39, 0.29) is 33.6 Å². The molecule has 26 heavy (non-hydrogen) atoms. The fourth-order valence-corrected chi connectivity index (χ4v) is 0.333. The van der Waals surface area contributed by atoms with Crippen LogP contribution >= 0.6 is 0 Å². The summed E-state index contributed by atoms with van der Waals surface area (Å²) in [5, 5.41) is 53.9. The summed E-state index contributed by atoms with van der Waals surface area (Å²) >= 11 is 0. The van der Waals surface area contributed by atoms with Crippen molar-refractivity contribution >= 4 is 38.8 Å². The molecule has 14 nitrogen and oxygen atoms in total. The first kappa shape index (κ1) is 56.5. The van der Waals surface area contributed by atoms with Crippen molar-refractivity contribution in [2.45, 2.75) is 0 Å². The second-order valence-corrected chi connectivity index (χ2v) is 1.97. The van der Waals surface area contributed by atoms with Gasteiger partial charge in [-0.1, -0.05) is 0 Å². The molecule has 0 spiro atoms. The number of carbonyl (C=O) groups is 6. The summed E-state index contributed by atoms with van der Waals surface area (Å²) in [4.78, 5) is 49.5. The number of rotatable bonds is 3. The first-order valence-electron chi connectivity index (χ1n) is 5.30. The Morgan fingerprint density at radius 2 is 0.577 bits per heavy atom. The first-order chi connectivity index (χ1) is 11.4. The Balaban J connectivity index is -0.0000000187. The van der Waals surface area contributed by atoms with Crippen molar-refractivity contribution in [2.24, 2.45) is 0 Å². The van der Waals surface area contributed by atoms with Gasteiger partial charge in [-0.05, 0) is 0 Å². The van der Waals surface area contributed by atoms with Crippen LogP contribution in [0, 0.1) is 0 Å². The van der Waals surface area contributed by atoms with E-state index in [4.69, 9.17) is 59.4 Å². The van der Waals surface area contributed by atoms with Crippen molar-refractivity contribution in [3.63, 3.8) is 0 Å². The van der Waals surface area contributed by atoms with E-state index in [0.717, 1.165) is 0 Å². The van der Waals surface area contributed by atoms with Crippen molar-refractivity contribution in [1.82, 2.24) is 0 Å². The van der Waals surface area contributed by atoms with Gasteiger partial charge in [0.05, 0.1) is 14.1 Å². The third-order valence-electron chi connectivity index (χ3n) is 0.744. The van der Waals surface area contributed by atoms with Gasteiger partial charge >= 0.3 is 33.6 Å². The molecule has 160 valence electrons. The predicted molar refractivity (Wildman–Crippen MR) is 61.8 cm³/mol. The number of hydrogen-bond acceptors (Lipinski definition) is 12. The molecular formula is C10H20Co2N2O12. The monoisotopic (exact) mass is 478 g/mol. The van der Waals surface area contributed by atoms with Gasteiger partial charge in [0.15, 0.2) is 0 Å². The molecule has 0 aliphatic rings. The number of carboxylic acid groups (broad SMARTS) is 6. The molecule has 0 aromatic rings. The van der Waals surface area contributed by atoms with Crippen LogP contribution in [0.5, 0.6) is 0 Å². The molecule has 0 rings (SSSR count). The molecule has 0 saturated carbocycles. The van der Waals surface area contributed by atoms with Crippen molar-refractivity contribution in [1.29, 1.82) is 0 Å². The van der Waals surface area contributed by atoms with E-state index in [9.17, 15) is 0 Å². The van der Waals surface area contributed by atoms with Gasteiger partial charge in [-0.2, -0.15) is 0 Å². The molecule has 0 heterocycles. The maximum Gasteiger partial charge on any atom is 2.00 e. The maximum atomic E-state index is 8.25. The van der Waals surface area contributed by atoms with Crippen LogP contribution in [0.2, 0.25) is 0 Å². The molecule has 0 aromatic heterocycles. The summed E-state index contributed by atoms with van der Waals surface area (Å²) < 4.78 is 0. The van der Waals surface area contributed by atoms with E-state index < -0.39 is 38.8 Å². The van der Waals surface area contributed by atoms with Gasteiger partial charge in [0, 0.05) is 38.8 Å². The molecule has 0 aromatic carbocycles. The van der Waals surface area contributed by atoms with Crippen LogP contribution in [0.25, 0.3) is 0 Å². The Kier molecular flexibility index (Phi) is 389. The zero-order valence-electron chi connectivity index (χ0n) is 13.6. The maximum absolute atomic E-state index is 8.25. The molecular weight excluding hydrogens is 458 g/mol. The van der Waals surface area contributed by atoms with Gasteiger partial charge in [0.1, 0.15) is 13.1 Å². The summed E-state index contributed by atoms with van der Waals surface area (Å²) in [5.74, 6) is 0. The average Bonchev–Trinajstić information content (AvgIpc) is 2.50. The molecule has 2 radical (unpaired) electrons. The summed E-state index contributed by atoms with van der Waals surface area (Å²) in [5.41, 5.74) is 0. The van der Waals surface area contributed by atoms with Crippen LogP contribution in [0.4, 0.5) is 0 Å². The van der Waals surface area contributed by atoms with Crippen LogP contribution in [-0.4, -0.2) is 66.0 Å². The van der Waals surface area contributed by atoms with Gasteiger partial charge in [0.25, 0.3) is 0 Å². The van der Waals surface area contributed by atoms with Gasteiger partial charge < -0.3 is 70.0 Å². The van der Waals surface area contributed by atoms with Crippen LogP contribution in [0.15, 0.2) is 0 Å². The minimum Gasteiger partial charge on any atom is -0.554 e. The third-order valence-corrected chi connectivity index (χ3v) is 0.744. The summed E-state index contributed by atoms with van der Waals surface area (Å²) in [6.45, 7) is -0.535. The third kappa shape index (κ3) is 16500. The number of quaternary nitrogens is 2. The number of carbonyl (C=O) groups excluding carboxylic acids is 6. The van der Waals surface area contributed by atoms with Crippen LogP contribution in [0.1, 0.15) is 0 Å². The molecule has 4 N–H and O–H groups in total. The minimum atomic E-state index is -0.500. The van der Waals surface area contributed by atoms with Gasteiger partial charge in [-0.3, -0.25) is 0 Å². The Hall–Kier alpha value is -2.25. The SMILES string of the molecule is C[NH2+]CC[NH2+]C.O=C[O-].O=C[O-].O=C[O-].O=C[O-].O=C[O-].O=C[O-].[Co+2].[Co+2]. The zero-order valence-corrected chi connectivity index (χ0v) is 15.7. The standard InChI is InChI=1S/C4H12N2.6CH2O2.2Co/c1-5-3-4-6-2;6*2-1-3;;/h5-6H,3-4H2,1-2H3;6*1H,(H,2,3);;/q;;;;;;;2*+2/p-4. The smallest absolute Gasteiger partial charge is 0.554 e. The van der Waals surface area contributed by atoms with E-state index in [2.05, 4.69) is 24.7 Å². The van der Waals surface area contributed by atoms with Crippen LogP contribution < -0.4 is 41.3 Å². The van der Waals surface area contributed by atoms with E-state index in [1.165, 1.54) is 13.1 Å². The molecule has 0 unspecified atom stereocenters. The Labute approximate surface area is 170 Å². The first-order valence-corrected chi connectivity index (χ1v) is 5.30. The van der Waals surface area contributed by atoms with Gasteiger partial charge in [-0.15, -0.1) is 0 Å². The Morgan fingerprint density at radius 3 is 0.615 bits per heavy atom. The van der Waals surface area contributed by atoms with Crippen molar-refractivity contribution < 1.29 is 104 Å². The number of likely N-dealkylation sites (N-methyl/N-ethyl adjacent to an activating group) is 2. The van der Waals surface area contributed by atoms with Crippen molar-refractivity contribution in [3.05, 3.63) is 0 Å². The average molecular weight is 478 g/mol. The molecule has 0 bridgehead atoms. The molecule has 0 atom stereocenters. The molecule has 16 heteroatoms. The predicted octanol–water partition coefficient (Wildman–Crippen LogP) is -12.4. The van der Waals surface area contributed by atoms with Crippen molar-refractivity contribution in [2.75, 3.05) is 27.2 Å². The van der Waals surface area contributed by atoms with E-state index in [0.29, 0.717) is 0 Å². The molecule has 0 aliphatic carbocycles. The minimum absolute atomic E-state index is 0. The molecule has 0 saturated heterocycles. The Morgan fingerprint density at radius 1 is 0.500 bits per heavy atom. The second kappa shape index (κ2) is 179. The number of nitrogens with two attached hydrogens (primary N) is 2. The second-order valence-electron chi connectivity index (χ2n) is 1.97.